The van der Waals surface area contributed by atoms with E-state index in [0.717, 1.165) is 0 Å². The SMILES string of the molecule is CCN(CCCO)CC(=O)N1c2ccccc2NC(=O)CC1C(F)(F)F. The summed E-state index contributed by atoms with van der Waals surface area (Å²) in [6, 6.07) is 3.73. The van der Waals surface area contributed by atoms with E-state index in [-0.39, 0.29) is 24.5 Å². The van der Waals surface area contributed by atoms with E-state index >= 15 is 0 Å². The highest BCUT2D eigenvalue weighted by Gasteiger charge is 2.49. The van der Waals surface area contributed by atoms with Gasteiger partial charge < -0.3 is 10.4 Å². The maximum absolute atomic E-state index is 13.6. The molecule has 26 heavy (non-hydrogen) atoms. The second-order valence-electron chi connectivity index (χ2n) is 6.04. The molecule has 0 bridgehead atoms. The number of nitrogens with one attached hydrogen (secondary N) is 1. The van der Waals surface area contributed by atoms with Crippen molar-refractivity contribution in [2.24, 2.45) is 0 Å². The van der Waals surface area contributed by atoms with Gasteiger partial charge >= 0.3 is 6.18 Å². The second kappa shape index (κ2) is 8.50. The van der Waals surface area contributed by atoms with E-state index in [9.17, 15) is 22.8 Å². The van der Waals surface area contributed by atoms with E-state index in [2.05, 4.69) is 5.32 Å². The van der Waals surface area contributed by atoms with Crippen molar-refractivity contribution < 1.29 is 27.9 Å². The van der Waals surface area contributed by atoms with Crippen molar-refractivity contribution in [3.8, 4) is 0 Å². The van der Waals surface area contributed by atoms with Crippen LogP contribution >= 0.6 is 0 Å². The van der Waals surface area contributed by atoms with Gasteiger partial charge in [0.15, 0.2) is 0 Å². The third-order valence-corrected chi connectivity index (χ3v) is 4.21. The summed E-state index contributed by atoms with van der Waals surface area (Å²) in [6.07, 6.45) is -5.18. The molecular weight excluding hydrogens is 351 g/mol. The molecule has 1 aliphatic heterocycles. The number of nitrogens with zero attached hydrogens (tertiary/aromatic N) is 2. The predicted molar refractivity (Wildman–Crippen MR) is 90.8 cm³/mol. The highest BCUT2D eigenvalue weighted by atomic mass is 19.4. The van der Waals surface area contributed by atoms with E-state index in [1.807, 2.05) is 0 Å². The summed E-state index contributed by atoms with van der Waals surface area (Å²) in [5, 5.41) is 11.4. The van der Waals surface area contributed by atoms with Gasteiger partial charge in [0.1, 0.15) is 6.04 Å². The zero-order valence-corrected chi connectivity index (χ0v) is 14.4. The van der Waals surface area contributed by atoms with Crippen molar-refractivity contribution in [3.05, 3.63) is 24.3 Å². The third kappa shape index (κ3) is 4.73. The van der Waals surface area contributed by atoms with Gasteiger partial charge in [-0.1, -0.05) is 19.1 Å². The summed E-state index contributed by atoms with van der Waals surface area (Å²) in [6.45, 7) is 2.33. The Morgan fingerprint density at radius 1 is 1.38 bits per heavy atom. The number of fused-ring (bicyclic) bond motifs is 1. The second-order valence-corrected chi connectivity index (χ2v) is 6.04. The monoisotopic (exact) mass is 373 g/mol. The molecule has 0 saturated carbocycles. The molecule has 1 unspecified atom stereocenters. The summed E-state index contributed by atoms with van der Waals surface area (Å²) < 4.78 is 40.8. The summed E-state index contributed by atoms with van der Waals surface area (Å²) in [4.78, 5) is 27.0. The number of anilines is 2. The molecule has 6 nitrogen and oxygen atoms in total. The standard InChI is InChI=1S/C17H22F3N3O3/c1-2-22(8-5-9-24)11-16(26)23-13-7-4-3-6-12(13)21-15(25)10-14(23)17(18,19)20/h3-4,6-7,14,24H,2,5,8-11H2,1H3,(H,21,25). The fraction of sp³-hybridized carbons (Fsp3) is 0.529. The van der Waals surface area contributed by atoms with E-state index in [1.54, 1.807) is 17.9 Å². The smallest absolute Gasteiger partial charge is 0.396 e. The Balaban J connectivity index is 2.38. The molecule has 144 valence electrons. The number of likely N-dealkylation sites (N-methyl/N-ethyl adjacent to an activating group) is 1. The van der Waals surface area contributed by atoms with Crippen LogP contribution in [0.1, 0.15) is 19.8 Å². The molecular formula is C17H22F3N3O3. The fourth-order valence-electron chi connectivity index (χ4n) is 2.91. The number of rotatable bonds is 6. The van der Waals surface area contributed by atoms with Crippen molar-refractivity contribution in [2.45, 2.75) is 32.0 Å². The van der Waals surface area contributed by atoms with Crippen LogP contribution in [0.5, 0.6) is 0 Å². The molecule has 0 aliphatic carbocycles. The minimum atomic E-state index is -4.74. The van der Waals surface area contributed by atoms with Crippen molar-refractivity contribution in [1.29, 1.82) is 0 Å². The Kier molecular flexibility index (Phi) is 6.60. The minimum Gasteiger partial charge on any atom is -0.396 e. The van der Waals surface area contributed by atoms with Crippen LogP contribution in [0.25, 0.3) is 0 Å². The highest BCUT2D eigenvalue weighted by molar-refractivity contribution is 6.05. The summed E-state index contributed by atoms with van der Waals surface area (Å²) in [7, 11) is 0. The van der Waals surface area contributed by atoms with Gasteiger partial charge in [0.2, 0.25) is 11.8 Å². The Morgan fingerprint density at radius 3 is 2.69 bits per heavy atom. The first kappa shape index (κ1) is 20.2. The number of carbonyl (C=O) groups is 2. The predicted octanol–water partition coefficient (Wildman–Crippen LogP) is 2.00. The van der Waals surface area contributed by atoms with Crippen LogP contribution in [0, 0.1) is 0 Å². The fourth-order valence-corrected chi connectivity index (χ4v) is 2.91. The first-order chi connectivity index (χ1) is 12.3. The van der Waals surface area contributed by atoms with Crippen LogP contribution in [0.2, 0.25) is 0 Å². The Morgan fingerprint density at radius 2 is 2.08 bits per heavy atom. The number of benzene rings is 1. The van der Waals surface area contributed by atoms with Crippen LogP contribution < -0.4 is 10.2 Å². The van der Waals surface area contributed by atoms with Gasteiger partial charge in [-0.15, -0.1) is 0 Å². The normalized spacial score (nSPS) is 17.7. The zero-order chi connectivity index (χ0) is 19.3. The molecule has 0 fully saturated rings. The summed E-state index contributed by atoms with van der Waals surface area (Å²) in [5.74, 6) is -1.53. The first-order valence-corrected chi connectivity index (χ1v) is 8.38. The first-order valence-electron chi connectivity index (χ1n) is 8.38. The Bertz CT molecular complexity index is 652. The van der Waals surface area contributed by atoms with Gasteiger partial charge in [-0.25, -0.2) is 0 Å². The maximum atomic E-state index is 13.6. The molecule has 0 radical (unpaired) electrons. The molecule has 1 aromatic rings. The lowest BCUT2D eigenvalue weighted by Gasteiger charge is -2.33. The van der Waals surface area contributed by atoms with Crippen molar-refractivity contribution >= 4 is 23.2 Å². The lowest BCUT2D eigenvalue weighted by atomic mass is 10.1. The van der Waals surface area contributed by atoms with Crippen molar-refractivity contribution in [3.63, 3.8) is 0 Å². The van der Waals surface area contributed by atoms with E-state index in [4.69, 9.17) is 5.11 Å². The van der Waals surface area contributed by atoms with Gasteiger partial charge in [-0.05, 0) is 25.1 Å². The molecule has 2 amide bonds. The molecule has 1 aliphatic rings. The van der Waals surface area contributed by atoms with Gasteiger partial charge in [0, 0.05) is 13.2 Å². The van der Waals surface area contributed by atoms with Crippen LogP contribution in [0.3, 0.4) is 0 Å². The number of hydrogen-bond acceptors (Lipinski definition) is 4. The Labute approximate surface area is 149 Å². The minimum absolute atomic E-state index is 0.0314. The average Bonchev–Trinajstić information content (AvgIpc) is 2.73. The number of hydrogen-bond donors (Lipinski definition) is 2. The number of carbonyl (C=O) groups excluding carboxylic acids is 2. The van der Waals surface area contributed by atoms with E-state index in [0.29, 0.717) is 24.4 Å². The van der Waals surface area contributed by atoms with Crippen LogP contribution in [-0.4, -0.2) is 60.3 Å². The highest BCUT2D eigenvalue weighted by Crippen LogP contribution is 2.37. The van der Waals surface area contributed by atoms with E-state index in [1.165, 1.54) is 18.2 Å². The lowest BCUT2D eigenvalue weighted by molar-refractivity contribution is -0.158. The largest absolute Gasteiger partial charge is 0.409 e. The van der Waals surface area contributed by atoms with Crippen LogP contribution in [-0.2, 0) is 9.59 Å². The quantitative estimate of drug-likeness (QED) is 0.800. The van der Waals surface area contributed by atoms with Gasteiger partial charge in [-0.3, -0.25) is 19.4 Å². The summed E-state index contributed by atoms with van der Waals surface area (Å²) in [5.41, 5.74) is 0.208. The van der Waals surface area contributed by atoms with Crippen molar-refractivity contribution in [1.82, 2.24) is 4.90 Å². The molecule has 0 aromatic heterocycles. The molecule has 1 heterocycles. The number of halogens is 3. The number of alkyl halides is 3. The van der Waals surface area contributed by atoms with Crippen LogP contribution in [0.15, 0.2) is 24.3 Å². The molecule has 1 aromatic carbocycles. The molecule has 2 N–H and O–H groups in total. The van der Waals surface area contributed by atoms with E-state index < -0.39 is 30.5 Å². The maximum Gasteiger partial charge on any atom is 0.409 e. The molecule has 1 atom stereocenters. The molecule has 2 rings (SSSR count). The van der Waals surface area contributed by atoms with Crippen LogP contribution in [0.4, 0.5) is 24.5 Å². The van der Waals surface area contributed by atoms with Gasteiger partial charge in [0.05, 0.1) is 24.3 Å². The van der Waals surface area contributed by atoms with Gasteiger partial charge in [-0.2, -0.15) is 13.2 Å². The molecule has 9 heteroatoms. The lowest BCUT2D eigenvalue weighted by Crippen LogP contribution is -2.52. The molecule has 0 spiro atoms. The zero-order valence-electron chi connectivity index (χ0n) is 14.4. The topological polar surface area (TPSA) is 72.9 Å². The van der Waals surface area contributed by atoms with Crippen molar-refractivity contribution in [2.75, 3.05) is 36.5 Å². The number of aliphatic hydroxyl groups is 1. The molecule has 0 saturated heterocycles. The Hall–Kier alpha value is -2.13. The van der Waals surface area contributed by atoms with Gasteiger partial charge in [0.25, 0.3) is 0 Å². The third-order valence-electron chi connectivity index (χ3n) is 4.21. The number of amides is 2. The number of para-hydroxylation sites is 2. The number of aliphatic hydroxyl groups excluding tert-OH is 1. The summed E-state index contributed by atoms with van der Waals surface area (Å²) >= 11 is 0. The average molecular weight is 373 g/mol.